The molecule has 1 aromatic heterocycles. The number of amides is 1. The zero-order valence-electron chi connectivity index (χ0n) is 7.27. The Hall–Kier alpha value is -1.82. The summed E-state index contributed by atoms with van der Waals surface area (Å²) >= 11 is 0. The number of carbonyl (C=O) groups is 2. The van der Waals surface area contributed by atoms with Crippen molar-refractivity contribution < 1.29 is 19.1 Å². The largest absolute Gasteiger partial charge is 0.480 e. The van der Waals surface area contributed by atoms with E-state index in [-0.39, 0.29) is 12.3 Å². The van der Waals surface area contributed by atoms with Gasteiger partial charge in [0.1, 0.15) is 6.04 Å². The van der Waals surface area contributed by atoms with Crippen LogP contribution in [0.1, 0.15) is 10.6 Å². The minimum atomic E-state index is -1.16. The summed E-state index contributed by atoms with van der Waals surface area (Å²) in [4.78, 5) is 21.5. The van der Waals surface area contributed by atoms with Crippen LogP contribution in [-0.2, 0) is 4.79 Å². The molecule has 4 N–H and O–H groups in total. The van der Waals surface area contributed by atoms with E-state index < -0.39 is 17.9 Å². The molecule has 76 valence electrons. The second kappa shape index (κ2) is 4.43. The number of nitrogens with two attached hydrogens (primary N) is 1. The fraction of sp³-hybridized carbons (Fsp3) is 0.250. The molecule has 0 aliphatic heterocycles. The number of aliphatic carboxylic acids is 1. The van der Waals surface area contributed by atoms with Crippen LogP contribution in [0.4, 0.5) is 0 Å². The van der Waals surface area contributed by atoms with Gasteiger partial charge in [0, 0.05) is 6.54 Å². The minimum Gasteiger partial charge on any atom is -0.480 e. The Kier molecular flexibility index (Phi) is 3.24. The zero-order valence-corrected chi connectivity index (χ0v) is 7.27. The lowest BCUT2D eigenvalue weighted by atomic mass is 10.3. The normalized spacial score (nSPS) is 12.1. The van der Waals surface area contributed by atoms with Crippen molar-refractivity contribution in [3.8, 4) is 0 Å². The maximum absolute atomic E-state index is 11.2. The van der Waals surface area contributed by atoms with E-state index in [2.05, 4.69) is 5.32 Å². The average molecular weight is 198 g/mol. The molecule has 6 nitrogen and oxygen atoms in total. The molecule has 14 heavy (non-hydrogen) atoms. The van der Waals surface area contributed by atoms with E-state index in [1.807, 2.05) is 0 Å². The summed E-state index contributed by atoms with van der Waals surface area (Å²) in [5.41, 5.74) is 5.17. The highest BCUT2D eigenvalue weighted by Crippen LogP contribution is 1.98. The quantitative estimate of drug-likeness (QED) is 0.600. The first kappa shape index (κ1) is 10.3. The van der Waals surface area contributed by atoms with E-state index in [0.717, 1.165) is 0 Å². The highest BCUT2D eigenvalue weighted by atomic mass is 16.4. The zero-order chi connectivity index (χ0) is 10.6. The molecule has 1 rings (SSSR count). The van der Waals surface area contributed by atoms with Crippen LogP contribution in [0.3, 0.4) is 0 Å². The third kappa shape index (κ3) is 2.60. The Morgan fingerprint density at radius 3 is 2.86 bits per heavy atom. The molecule has 1 amide bonds. The molecular weight excluding hydrogens is 188 g/mol. The van der Waals surface area contributed by atoms with Crippen molar-refractivity contribution in [1.82, 2.24) is 5.32 Å². The monoisotopic (exact) mass is 198 g/mol. The number of hydrogen-bond acceptors (Lipinski definition) is 4. The molecule has 0 bridgehead atoms. The number of hydrogen-bond donors (Lipinski definition) is 3. The van der Waals surface area contributed by atoms with Gasteiger partial charge in [0.2, 0.25) is 0 Å². The number of furan rings is 1. The van der Waals surface area contributed by atoms with E-state index in [0.29, 0.717) is 0 Å². The molecular formula is C8H10N2O4. The smallest absolute Gasteiger partial charge is 0.322 e. The Labute approximate surface area is 79.7 Å². The van der Waals surface area contributed by atoms with Gasteiger partial charge in [-0.05, 0) is 12.1 Å². The standard InChI is InChI=1S/C8H10N2O4/c9-5(8(12)13)4-10-7(11)6-2-1-3-14-6/h1-3,5H,4,9H2,(H,10,11)(H,12,13)/t5-/m1/s1. The van der Waals surface area contributed by atoms with Crippen molar-refractivity contribution in [1.29, 1.82) is 0 Å². The molecule has 1 atom stereocenters. The average Bonchev–Trinajstić information content (AvgIpc) is 2.66. The fourth-order valence-corrected chi connectivity index (χ4v) is 0.785. The van der Waals surface area contributed by atoms with Crippen molar-refractivity contribution in [3.05, 3.63) is 24.2 Å². The molecule has 0 fully saturated rings. The van der Waals surface area contributed by atoms with Crippen LogP contribution in [0, 0.1) is 0 Å². The first-order valence-electron chi connectivity index (χ1n) is 3.91. The van der Waals surface area contributed by atoms with Gasteiger partial charge in [-0.2, -0.15) is 0 Å². The molecule has 1 aromatic rings. The van der Waals surface area contributed by atoms with Crippen LogP contribution in [0.2, 0.25) is 0 Å². The van der Waals surface area contributed by atoms with Crippen molar-refractivity contribution in [2.24, 2.45) is 5.73 Å². The molecule has 0 saturated carbocycles. The van der Waals surface area contributed by atoms with Crippen LogP contribution in [0.15, 0.2) is 22.8 Å². The molecule has 6 heteroatoms. The maximum Gasteiger partial charge on any atom is 0.322 e. The molecule has 0 radical (unpaired) electrons. The Morgan fingerprint density at radius 1 is 1.64 bits per heavy atom. The van der Waals surface area contributed by atoms with Crippen LogP contribution in [0.25, 0.3) is 0 Å². The van der Waals surface area contributed by atoms with Gasteiger partial charge >= 0.3 is 5.97 Å². The summed E-state index contributed by atoms with van der Waals surface area (Å²) in [5, 5.41) is 10.8. The van der Waals surface area contributed by atoms with Crippen LogP contribution in [-0.4, -0.2) is 29.6 Å². The lowest BCUT2D eigenvalue weighted by molar-refractivity contribution is -0.138. The van der Waals surface area contributed by atoms with Crippen molar-refractivity contribution in [2.45, 2.75) is 6.04 Å². The predicted octanol–water partition coefficient (Wildman–Crippen LogP) is -0.579. The van der Waals surface area contributed by atoms with Gasteiger partial charge in [-0.25, -0.2) is 0 Å². The summed E-state index contributed by atoms with van der Waals surface area (Å²) in [6.07, 6.45) is 1.35. The molecule has 0 saturated heterocycles. The van der Waals surface area contributed by atoms with E-state index in [9.17, 15) is 9.59 Å². The molecule has 0 unspecified atom stereocenters. The second-order valence-electron chi connectivity index (χ2n) is 2.63. The number of carboxylic acid groups (broad SMARTS) is 1. The Morgan fingerprint density at radius 2 is 2.36 bits per heavy atom. The van der Waals surface area contributed by atoms with E-state index in [1.54, 1.807) is 6.07 Å². The van der Waals surface area contributed by atoms with Crippen molar-refractivity contribution in [3.63, 3.8) is 0 Å². The number of carbonyl (C=O) groups excluding carboxylic acids is 1. The van der Waals surface area contributed by atoms with E-state index in [1.165, 1.54) is 12.3 Å². The van der Waals surface area contributed by atoms with Gasteiger partial charge < -0.3 is 20.6 Å². The summed E-state index contributed by atoms with van der Waals surface area (Å²) in [6.45, 7) is -0.130. The molecule has 0 aliphatic rings. The van der Waals surface area contributed by atoms with Crippen LogP contribution < -0.4 is 11.1 Å². The van der Waals surface area contributed by atoms with Gasteiger partial charge in [-0.3, -0.25) is 9.59 Å². The van der Waals surface area contributed by atoms with Gasteiger partial charge in [0.05, 0.1) is 6.26 Å². The third-order valence-electron chi connectivity index (χ3n) is 1.54. The van der Waals surface area contributed by atoms with Gasteiger partial charge in [0.15, 0.2) is 5.76 Å². The van der Waals surface area contributed by atoms with Gasteiger partial charge in [-0.15, -0.1) is 0 Å². The first-order valence-corrected chi connectivity index (χ1v) is 3.91. The molecule has 1 heterocycles. The van der Waals surface area contributed by atoms with Gasteiger partial charge in [0.25, 0.3) is 5.91 Å². The lowest BCUT2D eigenvalue weighted by Gasteiger charge is -2.06. The minimum absolute atomic E-state index is 0.127. The third-order valence-corrected chi connectivity index (χ3v) is 1.54. The van der Waals surface area contributed by atoms with Crippen molar-refractivity contribution >= 4 is 11.9 Å². The summed E-state index contributed by atoms with van der Waals surface area (Å²) in [6, 6.07) is 1.93. The van der Waals surface area contributed by atoms with Crippen LogP contribution in [0.5, 0.6) is 0 Å². The lowest BCUT2D eigenvalue weighted by Crippen LogP contribution is -2.42. The van der Waals surface area contributed by atoms with E-state index >= 15 is 0 Å². The summed E-state index contributed by atoms with van der Waals surface area (Å²) in [7, 11) is 0. The highest BCUT2D eigenvalue weighted by molar-refractivity contribution is 5.91. The Balaban J connectivity index is 2.40. The second-order valence-corrected chi connectivity index (χ2v) is 2.63. The molecule has 0 aliphatic carbocycles. The van der Waals surface area contributed by atoms with Gasteiger partial charge in [-0.1, -0.05) is 0 Å². The predicted molar refractivity (Wildman–Crippen MR) is 46.7 cm³/mol. The molecule has 0 spiro atoms. The highest BCUT2D eigenvalue weighted by Gasteiger charge is 2.14. The molecule has 0 aromatic carbocycles. The van der Waals surface area contributed by atoms with E-state index in [4.69, 9.17) is 15.3 Å². The summed E-state index contributed by atoms with van der Waals surface area (Å²) in [5.74, 6) is -1.51. The number of rotatable bonds is 4. The SMILES string of the molecule is N[C@H](CNC(=O)c1ccco1)C(=O)O. The number of carboxylic acids is 1. The Bertz CT molecular complexity index is 320. The summed E-state index contributed by atoms with van der Waals surface area (Å²) < 4.78 is 4.79. The topological polar surface area (TPSA) is 106 Å². The maximum atomic E-state index is 11.2. The number of nitrogens with one attached hydrogen (secondary N) is 1. The first-order chi connectivity index (χ1) is 6.61. The fourth-order valence-electron chi connectivity index (χ4n) is 0.785. The van der Waals surface area contributed by atoms with Crippen molar-refractivity contribution in [2.75, 3.05) is 6.54 Å². The van der Waals surface area contributed by atoms with Crippen LogP contribution >= 0.6 is 0 Å².